The van der Waals surface area contributed by atoms with E-state index in [-0.39, 0.29) is 6.10 Å². The van der Waals surface area contributed by atoms with Gasteiger partial charge in [0.05, 0.1) is 17.8 Å². The van der Waals surface area contributed by atoms with E-state index in [1.165, 1.54) is 12.8 Å². The normalized spacial score (nSPS) is 30.5. The Morgan fingerprint density at radius 3 is 2.46 bits per heavy atom. The van der Waals surface area contributed by atoms with E-state index in [0.717, 1.165) is 56.6 Å². The molecular formula is C18H28N4O2. The molecule has 3 heterocycles. The third-order valence-corrected chi connectivity index (χ3v) is 5.56. The van der Waals surface area contributed by atoms with Crippen molar-refractivity contribution in [1.82, 2.24) is 9.97 Å². The molecule has 1 aromatic rings. The van der Waals surface area contributed by atoms with Crippen LogP contribution in [0.5, 0.6) is 0 Å². The Morgan fingerprint density at radius 2 is 1.79 bits per heavy atom. The molecule has 3 fully saturated rings. The molecule has 0 aromatic carbocycles. The lowest BCUT2D eigenvalue weighted by atomic mass is 9.94. The first-order valence-electron chi connectivity index (χ1n) is 9.20. The highest BCUT2D eigenvalue weighted by atomic mass is 16.5. The summed E-state index contributed by atoms with van der Waals surface area (Å²) in [4.78, 5) is 13.6. The summed E-state index contributed by atoms with van der Waals surface area (Å²) in [5.41, 5.74) is -0.538. The predicted octanol–water partition coefficient (Wildman–Crippen LogP) is 1.83. The molecule has 0 radical (unpaired) electrons. The third kappa shape index (κ3) is 3.49. The van der Waals surface area contributed by atoms with E-state index < -0.39 is 5.60 Å². The lowest BCUT2D eigenvalue weighted by molar-refractivity contribution is -0.0273. The maximum atomic E-state index is 10.1. The van der Waals surface area contributed by atoms with Crippen LogP contribution in [0.3, 0.4) is 0 Å². The minimum absolute atomic E-state index is 0.243. The van der Waals surface area contributed by atoms with E-state index in [1.54, 1.807) is 6.33 Å². The Balaban J connectivity index is 1.48. The Hall–Kier alpha value is -1.40. The molecule has 1 saturated carbocycles. The highest BCUT2D eigenvalue weighted by molar-refractivity contribution is 5.51. The van der Waals surface area contributed by atoms with Gasteiger partial charge in [0.2, 0.25) is 0 Å². The fourth-order valence-corrected chi connectivity index (χ4v) is 3.80. The van der Waals surface area contributed by atoms with E-state index in [4.69, 9.17) is 4.74 Å². The average Bonchev–Trinajstić information content (AvgIpc) is 3.39. The van der Waals surface area contributed by atoms with Gasteiger partial charge in [-0.15, -0.1) is 0 Å². The first-order valence-corrected chi connectivity index (χ1v) is 9.20. The smallest absolute Gasteiger partial charge is 0.134 e. The largest absolute Gasteiger partial charge is 0.390 e. The van der Waals surface area contributed by atoms with Gasteiger partial charge in [-0.3, -0.25) is 0 Å². The summed E-state index contributed by atoms with van der Waals surface area (Å²) in [6.07, 6.45) is 6.42. The second kappa shape index (κ2) is 6.15. The first-order chi connectivity index (χ1) is 11.5. The summed E-state index contributed by atoms with van der Waals surface area (Å²) < 4.78 is 6.11. The van der Waals surface area contributed by atoms with Crippen molar-refractivity contribution in [1.29, 1.82) is 0 Å². The molecule has 0 spiro atoms. The Labute approximate surface area is 143 Å². The number of aromatic nitrogens is 2. The van der Waals surface area contributed by atoms with Crippen LogP contribution < -0.4 is 9.80 Å². The molecule has 3 aliphatic rings. The molecule has 24 heavy (non-hydrogen) atoms. The Bertz CT molecular complexity index is 580. The molecule has 1 N–H and O–H groups in total. The van der Waals surface area contributed by atoms with Crippen molar-refractivity contribution in [2.24, 2.45) is 5.92 Å². The van der Waals surface area contributed by atoms with E-state index in [1.807, 2.05) is 6.92 Å². The van der Waals surface area contributed by atoms with Crippen molar-refractivity contribution in [3.8, 4) is 0 Å². The maximum absolute atomic E-state index is 10.1. The zero-order chi connectivity index (χ0) is 16.7. The summed E-state index contributed by atoms with van der Waals surface area (Å²) >= 11 is 0. The number of hydrogen-bond acceptors (Lipinski definition) is 6. The molecule has 132 valence electrons. The van der Waals surface area contributed by atoms with Gasteiger partial charge in [-0.25, -0.2) is 9.97 Å². The highest BCUT2D eigenvalue weighted by Crippen LogP contribution is 2.37. The number of piperidine rings is 1. The number of anilines is 2. The molecule has 4 rings (SSSR count). The van der Waals surface area contributed by atoms with Crippen LogP contribution in [0, 0.1) is 5.92 Å². The van der Waals surface area contributed by atoms with Gasteiger partial charge in [-0.2, -0.15) is 0 Å². The molecular weight excluding hydrogens is 304 g/mol. The zero-order valence-corrected chi connectivity index (χ0v) is 14.7. The Morgan fingerprint density at radius 1 is 1.12 bits per heavy atom. The van der Waals surface area contributed by atoms with Crippen molar-refractivity contribution in [3.63, 3.8) is 0 Å². The fraction of sp³-hybridized carbons (Fsp3) is 0.778. The van der Waals surface area contributed by atoms with Crippen molar-refractivity contribution in [3.05, 3.63) is 12.4 Å². The van der Waals surface area contributed by atoms with Crippen LogP contribution in [-0.4, -0.2) is 59.1 Å². The van der Waals surface area contributed by atoms with Crippen LogP contribution in [0.25, 0.3) is 0 Å². The van der Waals surface area contributed by atoms with Crippen LogP contribution >= 0.6 is 0 Å². The summed E-state index contributed by atoms with van der Waals surface area (Å²) in [7, 11) is 0. The second-order valence-electron chi connectivity index (χ2n) is 7.95. The standard InChI is InChI=1S/C18H28N4O2/c1-13-10-22(11-15(24-13)14-3-4-14)17-9-16(19-12-20-17)21-7-5-18(2,23)6-8-21/h9,12-15,23H,3-8,10-11H2,1-2H3/t13-,15-/m0/s1. The number of aliphatic hydroxyl groups is 1. The number of ether oxygens (including phenoxy) is 1. The quantitative estimate of drug-likeness (QED) is 0.911. The molecule has 1 aromatic heterocycles. The van der Waals surface area contributed by atoms with Crippen LogP contribution in [0.2, 0.25) is 0 Å². The molecule has 1 aliphatic carbocycles. The van der Waals surface area contributed by atoms with Crippen molar-refractivity contribution >= 4 is 11.6 Å². The zero-order valence-electron chi connectivity index (χ0n) is 14.7. The van der Waals surface area contributed by atoms with Crippen LogP contribution in [0.1, 0.15) is 39.5 Å². The van der Waals surface area contributed by atoms with Crippen molar-refractivity contribution in [2.45, 2.75) is 57.3 Å². The van der Waals surface area contributed by atoms with Gasteiger partial charge < -0.3 is 19.6 Å². The first kappa shape index (κ1) is 16.1. The van der Waals surface area contributed by atoms with E-state index in [0.29, 0.717) is 6.10 Å². The molecule has 0 bridgehead atoms. The topological polar surface area (TPSA) is 61.7 Å². The Kier molecular flexibility index (Phi) is 4.12. The SMILES string of the molecule is C[C@H]1CN(c2cc(N3CCC(C)(O)CC3)ncn2)C[C@@H](C2CC2)O1. The van der Waals surface area contributed by atoms with Gasteiger partial charge in [0, 0.05) is 32.2 Å². The third-order valence-electron chi connectivity index (χ3n) is 5.56. The van der Waals surface area contributed by atoms with Crippen LogP contribution in [0.4, 0.5) is 11.6 Å². The van der Waals surface area contributed by atoms with Gasteiger partial charge in [0.15, 0.2) is 0 Å². The molecule has 6 heteroatoms. The van der Waals surface area contributed by atoms with Crippen LogP contribution in [0.15, 0.2) is 12.4 Å². The predicted molar refractivity (Wildman–Crippen MR) is 93.4 cm³/mol. The van der Waals surface area contributed by atoms with E-state index >= 15 is 0 Å². The lowest BCUT2D eigenvalue weighted by Crippen LogP contribution is -2.48. The average molecular weight is 332 g/mol. The van der Waals surface area contributed by atoms with Gasteiger partial charge in [0.25, 0.3) is 0 Å². The maximum Gasteiger partial charge on any atom is 0.134 e. The molecule has 2 atom stereocenters. The summed E-state index contributed by atoms with van der Waals surface area (Å²) in [5, 5.41) is 10.1. The minimum Gasteiger partial charge on any atom is -0.390 e. The molecule has 2 saturated heterocycles. The number of hydrogen-bond donors (Lipinski definition) is 1. The van der Waals surface area contributed by atoms with Crippen molar-refractivity contribution in [2.75, 3.05) is 36.0 Å². The van der Waals surface area contributed by atoms with E-state index in [2.05, 4.69) is 32.8 Å². The monoisotopic (exact) mass is 332 g/mol. The number of nitrogens with zero attached hydrogens (tertiary/aromatic N) is 4. The van der Waals surface area contributed by atoms with Gasteiger partial charge in [-0.1, -0.05) is 0 Å². The second-order valence-corrected chi connectivity index (χ2v) is 7.95. The number of morpholine rings is 1. The summed E-state index contributed by atoms with van der Waals surface area (Å²) in [6.45, 7) is 7.56. The van der Waals surface area contributed by atoms with Crippen LogP contribution in [-0.2, 0) is 4.74 Å². The molecule has 2 aliphatic heterocycles. The summed E-state index contributed by atoms with van der Waals surface area (Å²) in [5.74, 6) is 2.71. The minimum atomic E-state index is -0.538. The fourth-order valence-electron chi connectivity index (χ4n) is 3.80. The van der Waals surface area contributed by atoms with Gasteiger partial charge in [0.1, 0.15) is 18.0 Å². The van der Waals surface area contributed by atoms with Gasteiger partial charge in [-0.05, 0) is 45.4 Å². The molecule has 0 amide bonds. The lowest BCUT2D eigenvalue weighted by Gasteiger charge is -2.39. The van der Waals surface area contributed by atoms with E-state index in [9.17, 15) is 5.11 Å². The highest BCUT2D eigenvalue weighted by Gasteiger charge is 2.37. The number of rotatable bonds is 3. The van der Waals surface area contributed by atoms with Crippen molar-refractivity contribution < 1.29 is 9.84 Å². The van der Waals surface area contributed by atoms with Gasteiger partial charge >= 0.3 is 0 Å². The molecule has 0 unspecified atom stereocenters. The molecule has 6 nitrogen and oxygen atoms in total. The summed E-state index contributed by atoms with van der Waals surface area (Å²) in [6, 6.07) is 2.10.